The summed E-state index contributed by atoms with van der Waals surface area (Å²) < 4.78 is 18.3. The van der Waals surface area contributed by atoms with Crippen molar-refractivity contribution in [2.45, 2.75) is 51.5 Å². The standard InChI is InChI=1S/C23H27BrN2O4/c1-3-20(28-4-2)30-23(27)25-17-11-8-14-26-21(17)15-9-5-6-12-18(15)29-19-13-7-10-16(24)22(19)26/h5-7,9-10,12-13,17,20-21H,3-4,8,11,14H2,1-2H3,(H,25,27)/t17-,20?,21-/m1/s1. The smallest absolute Gasteiger partial charge is 0.409 e. The van der Waals surface area contributed by atoms with Crippen LogP contribution in [0.15, 0.2) is 46.9 Å². The Morgan fingerprint density at radius 1 is 1.23 bits per heavy atom. The number of carbonyl (C=O) groups excluding carboxylic acids is 1. The molecule has 1 amide bonds. The number of nitrogens with zero attached hydrogens (tertiary/aromatic N) is 1. The van der Waals surface area contributed by atoms with Crippen molar-refractivity contribution in [3.05, 3.63) is 52.5 Å². The molecule has 2 aromatic carbocycles. The van der Waals surface area contributed by atoms with Crippen molar-refractivity contribution >= 4 is 27.7 Å². The Morgan fingerprint density at radius 3 is 2.83 bits per heavy atom. The van der Waals surface area contributed by atoms with Crippen LogP contribution in [0.1, 0.15) is 44.7 Å². The maximum Gasteiger partial charge on any atom is 0.409 e. The molecule has 1 saturated heterocycles. The first-order chi connectivity index (χ1) is 14.6. The van der Waals surface area contributed by atoms with Crippen LogP contribution < -0.4 is 15.0 Å². The first-order valence-electron chi connectivity index (χ1n) is 10.5. The molecule has 7 heteroatoms. The molecule has 0 bridgehead atoms. The second-order valence-electron chi connectivity index (χ2n) is 7.46. The maximum absolute atomic E-state index is 12.7. The minimum Gasteiger partial charge on any atom is -0.455 e. The van der Waals surface area contributed by atoms with Crippen LogP contribution in [-0.2, 0) is 9.47 Å². The molecule has 160 valence electrons. The van der Waals surface area contributed by atoms with Crippen LogP contribution in [0.4, 0.5) is 10.5 Å². The lowest BCUT2D eigenvalue weighted by atomic mass is 9.89. The van der Waals surface area contributed by atoms with Crippen molar-refractivity contribution in [1.82, 2.24) is 5.32 Å². The minimum absolute atomic E-state index is 0.0605. The first kappa shape index (κ1) is 21.0. The molecule has 0 aliphatic carbocycles. The lowest BCUT2D eigenvalue weighted by Crippen LogP contribution is -2.50. The maximum atomic E-state index is 12.7. The summed E-state index contributed by atoms with van der Waals surface area (Å²) in [4.78, 5) is 15.0. The lowest BCUT2D eigenvalue weighted by Gasteiger charge is -2.42. The van der Waals surface area contributed by atoms with Gasteiger partial charge in [0, 0.05) is 29.6 Å². The van der Waals surface area contributed by atoms with Crippen molar-refractivity contribution < 1.29 is 19.0 Å². The van der Waals surface area contributed by atoms with E-state index in [2.05, 4.69) is 32.2 Å². The van der Waals surface area contributed by atoms with Crippen LogP contribution in [0, 0.1) is 0 Å². The molecule has 2 aliphatic heterocycles. The van der Waals surface area contributed by atoms with E-state index >= 15 is 0 Å². The summed E-state index contributed by atoms with van der Waals surface area (Å²) in [7, 11) is 0. The highest BCUT2D eigenvalue weighted by atomic mass is 79.9. The molecule has 0 radical (unpaired) electrons. The van der Waals surface area contributed by atoms with Gasteiger partial charge in [0.25, 0.3) is 0 Å². The average molecular weight is 475 g/mol. The van der Waals surface area contributed by atoms with Gasteiger partial charge in [-0.3, -0.25) is 0 Å². The molecule has 0 spiro atoms. The molecule has 2 aromatic rings. The molecular weight excluding hydrogens is 448 g/mol. The fourth-order valence-electron chi connectivity index (χ4n) is 4.30. The molecule has 3 atom stereocenters. The topological polar surface area (TPSA) is 60.0 Å². The Morgan fingerprint density at radius 2 is 2.03 bits per heavy atom. The van der Waals surface area contributed by atoms with Gasteiger partial charge in [-0.2, -0.15) is 0 Å². The predicted octanol–water partition coefficient (Wildman–Crippen LogP) is 5.76. The largest absolute Gasteiger partial charge is 0.455 e. The number of alkyl carbamates (subject to hydrolysis) is 1. The fraction of sp³-hybridized carbons (Fsp3) is 0.435. The third-order valence-corrected chi connectivity index (χ3v) is 6.19. The number of anilines is 1. The number of hydrogen-bond acceptors (Lipinski definition) is 5. The number of piperidine rings is 1. The fourth-order valence-corrected chi connectivity index (χ4v) is 4.88. The molecule has 2 heterocycles. The SMILES string of the molecule is CCOC(CC)OC(=O)N[C@@H]1CCCN2c3c(Br)cccc3Oc3ccccc3[C@H]12. The van der Waals surface area contributed by atoms with E-state index in [1.54, 1.807) is 0 Å². The van der Waals surface area contributed by atoms with Crippen molar-refractivity contribution in [3.63, 3.8) is 0 Å². The van der Waals surface area contributed by atoms with Gasteiger partial charge in [-0.05, 0) is 53.9 Å². The highest BCUT2D eigenvalue weighted by Crippen LogP contribution is 2.50. The molecular formula is C23H27BrN2O4. The van der Waals surface area contributed by atoms with Gasteiger partial charge in [0.15, 0.2) is 5.75 Å². The second-order valence-corrected chi connectivity index (χ2v) is 8.31. The van der Waals surface area contributed by atoms with Crippen molar-refractivity contribution in [2.24, 2.45) is 0 Å². The zero-order valence-electron chi connectivity index (χ0n) is 17.3. The highest BCUT2D eigenvalue weighted by Gasteiger charge is 2.39. The number of halogens is 1. The molecule has 30 heavy (non-hydrogen) atoms. The molecule has 0 aromatic heterocycles. The van der Waals surface area contributed by atoms with Gasteiger partial charge in [0.1, 0.15) is 5.75 Å². The number of hydrogen-bond donors (Lipinski definition) is 1. The van der Waals surface area contributed by atoms with E-state index in [-0.39, 0.29) is 12.1 Å². The summed E-state index contributed by atoms with van der Waals surface area (Å²) in [5.74, 6) is 1.62. The molecule has 0 saturated carbocycles. The van der Waals surface area contributed by atoms with Gasteiger partial charge >= 0.3 is 6.09 Å². The van der Waals surface area contributed by atoms with Gasteiger partial charge in [-0.15, -0.1) is 0 Å². The number of rotatable bonds is 5. The van der Waals surface area contributed by atoms with E-state index in [1.807, 2.05) is 50.2 Å². The van der Waals surface area contributed by atoms with Crippen LogP contribution in [-0.4, -0.2) is 31.6 Å². The monoisotopic (exact) mass is 474 g/mol. The Hall–Kier alpha value is -2.25. The van der Waals surface area contributed by atoms with Crippen molar-refractivity contribution in [3.8, 4) is 11.5 Å². The van der Waals surface area contributed by atoms with E-state index in [4.69, 9.17) is 14.2 Å². The van der Waals surface area contributed by atoms with Crippen LogP contribution in [0.5, 0.6) is 11.5 Å². The molecule has 4 rings (SSSR count). The number of amides is 1. The third-order valence-electron chi connectivity index (χ3n) is 5.55. The molecule has 1 fully saturated rings. The van der Waals surface area contributed by atoms with Gasteiger partial charge in [0.2, 0.25) is 6.29 Å². The summed E-state index contributed by atoms with van der Waals surface area (Å²) in [5.41, 5.74) is 2.07. The second kappa shape index (κ2) is 9.27. The zero-order chi connectivity index (χ0) is 21.1. The number of benzene rings is 2. The van der Waals surface area contributed by atoms with Crippen molar-refractivity contribution in [1.29, 1.82) is 0 Å². The summed E-state index contributed by atoms with van der Waals surface area (Å²) >= 11 is 3.70. The van der Waals surface area contributed by atoms with E-state index in [9.17, 15) is 4.79 Å². The number of fused-ring (bicyclic) bond motifs is 5. The number of para-hydroxylation sites is 2. The Balaban J connectivity index is 1.67. The number of nitrogens with one attached hydrogen (secondary N) is 1. The Kier molecular flexibility index (Phi) is 6.49. The summed E-state index contributed by atoms with van der Waals surface area (Å²) in [6.45, 7) is 5.20. The van der Waals surface area contributed by atoms with Crippen molar-refractivity contribution in [2.75, 3.05) is 18.1 Å². The summed E-state index contributed by atoms with van der Waals surface area (Å²) in [5, 5.41) is 3.11. The normalized spacial score (nSPS) is 20.7. The molecule has 6 nitrogen and oxygen atoms in total. The van der Waals surface area contributed by atoms with E-state index in [0.29, 0.717) is 13.0 Å². The quantitative estimate of drug-likeness (QED) is 0.557. The Labute approximate surface area is 185 Å². The minimum atomic E-state index is -0.533. The molecule has 1 N–H and O–H groups in total. The van der Waals surface area contributed by atoms with Gasteiger partial charge in [0.05, 0.1) is 17.8 Å². The summed E-state index contributed by atoms with van der Waals surface area (Å²) in [6.07, 6.45) is 1.44. The molecule has 2 aliphatic rings. The van der Waals surface area contributed by atoms with Gasteiger partial charge < -0.3 is 24.4 Å². The van der Waals surface area contributed by atoms with E-state index in [1.165, 1.54) is 0 Å². The third kappa shape index (κ3) is 4.14. The van der Waals surface area contributed by atoms with Crippen LogP contribution in [0.25, 0.3) is 0 Å². The first-order valence-corrected chi connectivity index (χ1v) is 11.3. The average Bonchev–Trinajstić information content (AvgIpc) is 2.89. The predicted molar refractivity (Wildman–Crippen MR) is 119 cm³/mol. The van der Waals surface area contributed by atoms with E-state index in [0.717, 1.165) is 46.6 Å². The van der Waals surface area contributed by atoms with Gasteiger partial charge in [-0.25, -0.2) is 4.79 Å². The molecule has 1 unspecified atom stereocenters. The highest BCUT2D eigenvalue weighted by molar-refractivity contribution is 9.10. The van der Waals surface area contributed by atoms with Crippen LogP contribution >= 0.6 is 15.9 Å². The number of carbonyl (C=O) groups is 1. The van der Waals surface area contributed by atoms with Crippen LogP contribution in [0.2, 0.25) is 0 Å². The Bertz CT molecular complexity index is 907. The summed E-state index contributed by atoms with van der Waals surface area (Å²) in [6, 6.07) is 13.8. The van der Waals surface area contributed by atoms with Gasteiger partial charge in [-0.1, -0.05) is 31.2 Å². The van der Waals surface area contributed by atoms with Crippen LogP contribution in [0.3, 0.4) is 0 Å². The lowest BCUT2D eigenvalue weighted by molar-refractivity contribution is -0.101. The zero-order valence-corrected chi connectivity index (χ0v) is 18.9. The van der Waals surface area contributed by atoms with E-state index < -0.39 is 12.4 Å². The number of ether oxygens (including phenoxy) is 3.